The normalized spacial score (nSPS) is 10.7. The molecule has 0 spiro atoms. The molecule has 0 aliphatic carbocycles. The fraction of sp³-hybridized carbons (Fsp3) is 0.133. The summed E-state index contributed by atoms with van der Waals surface area (Å²) in [6, 6.07) is 13.5. The van der Waals surface area contributed by atoms with Gasteiger partial charge in [0, 0.05) is 6.20 Å². The fourth-order valence-electron chi connectivity index (χ4n) is 2.10. The second-order valence-corrected chi connectivity index (χ2v) is 4.45. The topological polar surface area (TPSA) is 56.0 Å². The zero-order valence-electron chi connectivity index (χ0n) is 11.0. The smallest absolute Gasteiger partial charge is 0.204 e. The number of rotatable bonds is 4. The van der Waals surface area contributed by atoms with Crippen LogP contribution in [0.1, 0.15) is 11.3 Å². The lowest BCUT2D eigenvalue weighted by Crippen LogP contribution is -1.97. The lowest BCUT2D eigenvalue weighted by Gasteiger charge is -2.07. The third-order valence-electron chi connectivity index (χ3n) is 3.08. The summed E-state index contributed by atoms with van der Waals surface area (Å²) in [5, 5.41) is 3.01. The summed E-state index contributed by atoms with van der Waals surface area (Å²) >= 11 is 0. The molecule has 0 fully saturated rings. The second-order valence-electron chi connectivity index (χ2n) is 4.45. The molecular weight excluding hydrogens is 254 g/mol. The molecule has 5 nitrogen and oxygen atoms in total. The van der Waals surface area contributed by atoms with Gasteiger partial charge in [-0.1, -0.05) is 30.3 Å². The highest BCUT2D eigenvalue weighted by Gasteiger charge is 2.12. The zero-order valence-corrected chi connectivity index (χ0v) is 11.0. The van der Waals surface area contributed by atoms with Crippen molar-refractivity contribution >= 4 is 11.5 Å². The number of fused-ring (bicyclic) bond motifs is 1. The Morgan fingerprint density at radius 2 is 2.00 bits per heavy atom. The van der Waals surface area contributed by atoms with Crippen LogP contribution in [0.15, 0.2) is 53.8 Å². The van der Waals surface area contributed by atoms with Gasteiger partial charge in [0.1, 0.15) is 6.61 Å². The van der Waals surface area contributed by atoms with Gasteiger partial charge in [-0.2, -0.15) is 0 Å². The van der Waals surface area contributed by atoms with E-state index in [0.717, 1.165) is 5.56 Å². The highest BCUT2D eigenvalue weighted by atomic mass is 16.5. The average molecular weight is 267 g/mol. The lowest BCUT2D eigenvalue weighted by molar-refractivity contribution is 0.308. The summed E-state index contributed by atoms with van der Waals surface area (Å²) in [6.07, 6.45) is 1.75. The molecule has 2 heterocycles. The van der Waals surface area contributed by atoms with E-state index in [0.29, 0.717) is 29.5 Å². The molecule has 0 atom stereocenters. The van der Waals surface area contributed by atoms with Crippen LogP contribution in [0.4, 0.5) is 5.82 Å². The molecule has 0 bridgehead atoms. The van der Waals surface area contributed by atoms with Gasteiger partial charge in [0.2, 0.25) is 5.82 Å². The maximum atomic E-state index is 10.8. The minimum Gasteiger partial charge on any atom is -0.485 e. The number of pyridine rings is 1. The van der Waals surface area contributed by atoms with Crippen LogP contribution >= 0.6 is 0 Å². The highest BCUT2D eigenvalue weighted by Crippen LogP contribution is 2.27. The number of aromatic nitrogens is 2. The van der Waals surface area contributed by atoms with Gasteiger partial charge >= 0.3 is 0 Å². The molecule has 100 valence electrons. The zero-order chi connectivity index (χ0) is 13.9. The highest BCUT2D eigenvalue weighted by molar-refractivity contribution is 5.60. The number of aryl methyl sites for hydroxylation is 1. The first-order chi connectivity index (χ1) is 9.79. The molecule has 0 saturated heterocycles. The summed E-state index contributed by atoms with van der Waals surface area (Å²) in [5.41, 5.74) is 2.28. The predicted molar refractivity (Wildman–Crippen MR) is 76.2 cm³/mol. The summed E-state index contributed by atoms with van der Waals surface area (Å²) in [7, 11) is 0. The third-order valence-corrected chi connectivity index (χ3v) is 3.08. The van der Waals surface area contributed by atoms with Gasteiger partial charge in [-0.05, 0) is 29.8 Å². The van der Waals surface area contributed by atoms with Gasteiger partial charge in [-0.25, -0.2) is 4.98 Å². The van der Waals surface area contributed by atoms with Crippen molar-refractivity contribution < 1.29 is 4.74 Å². The molecule has 5 heteroatoms. The number of imidazole rings is 1. The van der Waals surface area contributed by atoms with Crippen molar-refractivity contribution in [2.24, 2.45) is 5.18 Å². The van der Waals surface area contributed by atoms with E-state index >= 15 is 0 Å². The van der Waals surface area contributed by atoms with Gasteiger partial charge in [0.05, 0.1) is 5.69 Å². The van der Waals surface area contributed by atoms with Crippen LogP contribution in [-0.2, 0) is 6.61 Å². The first-order valence-corrected chi connectivity index (χ1v) is 6.27. The Labute approximate surface area is 115 Å². The Morgan fingerprint density at radius 1 is 1.20 bits per heavy atom. The Kier molecular flexibility index (Phi) is 3.16. The SMILES string of the molecule is Cc1nc2c(OCc3ccccc3)cccn2c1N=O. The van der Waals surface area contributed by atoms with Crippen molar-refractivity contribution in [1.29, 1.82) is 0 Å². The third kappa shape index (κ3) is 2.14. The molecule has 2 aromatic heterocycles. The number of nitroso groups, excluding NO2 is 1. The molecule has 1 aromatic carbocycles. The van der Waals surface area contributed by atoms with Crippen molar-refractivity contribution in [3.8, 4) is 5.75 Å². The molecule has 0 N–H and O–H groups in total. The quantitative estimate of drug-likeness (QED) is 0.678. The van der Waals surface area contributed by atoms with E-state index in [2.05, 4.69) is 10.2 Å². The lowest BCUT2D eigenvalue weighted by atomic mass is 10.2. The van der Waals surface area contributed by atoms with E-state index in [9.17, 15) is 4.91 Å². The van der Waals surface area contributed by atoms with Crippen LogP contribution in [0.2, 0.25) is 0 Å². The van der Waals surface area contributed by atoms with E-state index in [1.807, 2.05) is 42.5 Å². The van der Waals surface area contributed by atoms with Gasteiger partial charge in [-0.15, -0.1) is 4.91 Å². The number of benzene rings is 1. The largest absolute Gasteiger partial charge is 0.485 e. The molecule has 0 aliphatic heterocycles. The van der Waals surface area contributed by atoms with E-state index in [1.54, 1.807) is 17.5 Å². The van der Waals surface area contributed by atoms with E-state index < -0.39 is 0 Å². The van der Waals surface area contributed by atoms with Crippen molar-refractivity contribution in [2.75, 3.05) is 0 Å². The first-order valence-electron chi connectivity index (χ1n) is 6.27. The van der Waals surface area contributed by atoms with E-state index in [1.165, 1.54) is 0 Å². The Morgan fingerprint density at radius 3 is 2.75 bits per heavy atom. The van der Waals surface area contributed by atoms with Crippen LogP contribution < -0.4 is 4.74 Å². The van der Waals surface area contributed by atoms with Crippen molar-refractivity contribution in [3.05, 3.63) is 64.8 Å². The molecule has 0 radical (unpaired) electrons. The fourth-order valence-corrected chi connectivity index (χ4v) is 2.10. The average Bonchev–Trinajstić information content (AvgIpc) is 2.82. The molecule has 3 aromatic rings. The Bertz CT molecular complexity index is 750. The number of hydrogen-bond donors (Lipinski definition) is 0. The van der Waals surface area contributed by atoms with Crippen LogP contribution in [0, 0.1) is 11.8 Å². The number of nitrogens with zero attached hydrogens (tertiary/aromatic N) is 3. The van der Waals surface area contributed by atoms with E-state index in [4.69, 9.17) is 4.74 Å². The molecule has 0 aliphatic rings. The van der Waals surface area contributed by atoms with Gasteiger partial charge in [-0.3, -0.25) is 4.40 Å². The van der Waals surface area contributed by atoms with Crippen LogP contribution in [-0.4, -0.2) is 9.38 Å². The molecule has 0 amide bonds. The summed E-state index contributed by atoms with van der Waals surface area (Å²) in [4.78, 5) is 15.2. The molecule has 0 saturated carbocycles. The summed E-state index contributed by atoms with van der Waals surface area (Å²) in [5.74, 6) is 0.944. The Hall–Kier alpha value is -2.69. The first kappa shape index (κ1) is 12.3. The Balaban J connectivity index is 1.94. The van der Waals surface area contributed by atoms with Crippen LogP contribution in [0.3, 0.4) is 0 Å². The van der Waals surface area contributed by atoms with E-state index in [-0.39, 0.29) is 0 Å². The van der Waals surface area contributed by atoms with Crippen molar-refractivity contribution in [2.45, 2.75) is 13.5 Å². The monoisotopic (exact) mass is 267 g/mol. The van der Waals surface area contributed by atoms with Gasteiger partial charge in [0.15, 0.2) is 11.4 Å². The molecule has 20 heavy (non-hydrogen) atoms. The number of hydrogen-bond acceptors (Lipinski definition) is 4. The minimum absolute atomic E-state index is 0.310. The summed E-state index contributed by atoms with van der Waals surface area (Å²) < 4.78 is 7.43. The van der Waals surface area contributed by atoms with Crippen molar-refractivity contribution in [3.63, 3.8) is 0 Å². The second kappa shape index (κ2) is 5.13. The molecular formula is C15H13N3O2. The van der Waals surface area contributed by atoms with Crippen molar-refractivity contribution in [1.82, 2.24) is 9.38 Å². The van der Waals surface area contributed by atoms with Gasteiger partial charge < -0.3 is 4.74 Å². The number of ether oxygens (including phenoxy) is 1. The maximum absolute atomic E-state index is 10.8. The molecule has 0 unspecified atom stereocenters. The van der Waals surface area contributed by atoms with Crippen LogP contribution in [0.5, 0.6) is 5.75 Å². The predicted octanol–water partition coefficient (Wildman–Crippen LogP) is 3.62. The standard InChI is InChI=1S/C15H13N3O2/c1-11-14(17-19)18-9-5-8-13(15(18)16-11)20-10-12-6-3-2-4-7-12/h2-9H,10H2,1H3. The summed E-state index contributed by atoms with van der Waals surface area (Å²) in [6.45, 7) is 2.21. The molecule has 3 rings (SSSR count). The van der Waals surface area contributed by atoms with Gasteiger partial charge in [0.25, 0.3) is 0 Å². The maximum Gasteiger partial charge on any atom is 0.204 e. The minimum atomic E-state index is 0.310. The van der Waals surface area contributed by atoms with Crippen LogP contribution in [0.25, 0.3) is 5.65 Å².